The van der Waals surface area contributed by atoms with Crippen molar-refractivity contribution in [1.82, 2.24) is 4.90 Å². The summed E-state index contributed by atoms with van der Waals surface area (Å²) in [5.74, 6) is 0.952. The first-order valence-electron chi connectivity index (χ1n) is 7.01. The zero-order chi connectivity index (χ0) is 12.3. The first-order chi connectivity index (χ1) is 8.15. The number of carbonyl (C=O) groups is 1. The molecule has 2 fully saturated rings. The molecule has 0 aromatic rings. The van der Waals surface area contributed by atoms with Gasteiger partial charge in [0, 0.05) is 19.5 Å². The van der Waals surface area contributed by atoms with Crippen molar-refractivity contribution in [2.24, 2.45) is 5.92 Å². The molecular formula is C14H25NO2. The second kappa shape index (κ2) is 5.49. The van der Waals surface area contributed by atoms with E-state index in [0.717, 1.165) is 45.6 Å². The van der Waals surface area contributed by atoms with Crippen molar-refractivity contribution in [3.8, 4) is 0 Å². The summed E-state index contributed by atoms with van der Waals surface area (Å²) in [4.78, 5) is 15.0. The maximum atomic E-state index is 12.6. The van der Waals surface area contributed by atoms with E-state index in [4.69, 9.17) is 4.74 Å². The molecule has 1 saturated heterocycles. The second-order valence-corrected chi connectivity index (χ2v) is 5.86. The SMILES string of the molecule is CC(C)CC(=O)C1(N2CCOCC2)CCCC1. The van der Waals surface area contributed by atoms with Gasteiger partial charge < -0.3 is 4.74 Å². The lowest BCUT2D eigenvalue weighted by atomic mass is 9.85. The van der Waals surface area contributed by atoms with Gasteiger partial charge in [-0.15, -0.1) is 0 Å². The Labute approximate surface area is 105 Å². The fourth-order valence-electron chi connectivity index (χ4n) is 3.28. The third-order valence-electron chi connectivity index (χ3n) is 4.16. The molecule has 17 heavy (non-hydrogen) atoms. The third-order valence-corrected chi connectivity index (χ3v) is 4.16. The molecule has 2 rings (SSSR count). The number of rotatable bonds is 4. The number of nitrogens with zero attached hydrogens (tertiary/aromatic N) is 1. The largest absolute Gasteiger partial charge is 0.379 e. The highest BCUT2D eigenvalue weighted by Gasteiger charge is 2.45. The van der Waals surface area contributed by atoms with Gasteiger partial charge in [0.2, 0.25) is 0 Å². The number of hydrogen-bond donors (Lipinski definition) is 0. The number of morpholine rings is 1. The minimum Gasteiger partial charge on any atom is -0.379 e. The van der Waals surface area contributed by atoms with Crippen molar-refractivity contribution >= 4 is 5.78 Å². The van der Waals surface area contributed by atoms with Gasteiger partial charge in [0.15, 0.2) is 5.78 Å². The van der Waals surface area contributed by atoms with Gasteiger partial charge >= 0.3 is 0 Å². The van der Waals surface area contributed by atoms with Gasteiger partial charge in [0.25, 0.3) is 0 Å². The fourth-order valence-corrected chi connectivity index (χ4v) is 3.28. The van der Waals surface area contributed by atoms with Crippen LogP contribution in [-0.2, 0) is 9.53 Å². The molecule has 0 aromatic carbocycles. The highest BCUT2D eigenvalue weighted by molar-refractivity contribution is 5.89. The number of carbonyl (C=O) groups excluding carboxylic acids is 1. The molecule has 3 nitrogen and oxygen atoms in total. The smallest absolute Gasteiger partial charge is 0.153 e. The lowest BCUT2D eigenvalue weighted by Gasteiger charge is -2.42. The maximum Gasteiger partial charge on any atom is 0.153 e. The minimum atomic E-state index is -0.131. The summed E-state index contributed by atoms with van der Waals surface area (Å²) in [5, 5.41) is 0. The van der Waals surface area contributed by atoms with E-state index in [-0.39, 0.29) is 5.54 Å². The van der Waals surface area contributed by atoms with Crippen LogP contribution in [0.4, 0.5) is 0 Å². The van der Waals surface area contributed by atoms with E-state index >= 15 is 0 Å². The predicted molar refractivity (Wildman–Crippen MR) is 68.1 cm³/mol. The normalized spacial score (nSPS) is 25.4. The summed E-state index contributed by atoms with van der Waals surface area (Å²) in [6.45, 7) is 7.72. The Balaban J connectivity index is 2.10. The molecule has 0 N–H and O–H groups in total. The van der Waals surface area contributed by atoms with Crippen LogP contribution in [0.1, 0.15) is 46.0 Å². The van der Waals surface area contributed by atoms with Crippen LogP contribution in [0, 0.1) is 5.92 Å². The van der Waals surface area contributed by atoms with E-state index in [1.807, 2.05) is 0 Å². The van der Waals surface area contributed by atoms with E-state index in [2.05, 4.69) is 18.7 Å². The zero-order valence-electron chi connectivity index (χ0n) is 11.2. The summed E-state index contributed by atoms with van der Waals surface area (Å²) in [7, 11) is 0. The molecule has 98 valence electrons. The molecule has 1 aliphatic carbocycles. The van der Waals surface area contributed by atoms with Gasteiger partial charge in [-0.1, -0.05) is 26.7 Å². The standard InChI is InChI=1S/C14H25NO2/c1-12(2)11-13(16)14(5-3-4-6-14)15-7-9-17-10-8-15/h12H,3-11H2,1-2H3. The molecular weight excluding hydrogens is 214 g/mol. The molecule has 1 saturated carbocycles. The first-order valence-corrected chi connectivity index (χ1v) is 7.01. The third kappa shape index (κ3) is 2.71. The summed E-state index contributed by atoms with van der Waals surface area (Å²) in [5.41, 5.74) is -0.131. The molecule has 1 aliphatic heterocycles. The highest BCUT2D eigenvalue weighted by Crippen LogP contribution is 2.38. The number of hydrogen-bond acceptors (Lipinski definition) is 3. The molecule has 0 spiro atoms. The van der Waals surface area contributed by atoms with E-state index in [0.29, 0.717) is 11.7 Å². The monoisotopic (exact) mass is 239 g/mol. The summed E-state index contributed by atoms with van der Waals surface area (Å²) < 4.78 is 5.41. The minimum absolute atomic E-state index is 0.131. The van der Waals surface area contributed by atoms with Crippen LogP contribution in [0.15, 0.2) is 0 Å². The second-order valence-electron chi connectivity index (χ2n) is 5.86. The predicted octanol–water partition coefficient (Wildman–Crippen LogP) is 2.25. The molecule has 1 heterocycles. The number of ether oxygens (including phenoxy) is 1. The van der Waals surface area contributed by atoms with Crippen molar-refractivity contribution in [1.29, 1.82) is 0 Å². The van der Waals surface area contributed by atoms with Gasteiger partial charge in [-0.05, 0) is 18.8 Å². The van der Waals surface area contributed by atoms with Crippen LogP contribution in [-0.4, -0.2) is 42.5 Å². The molecule has 0 atom stereocenters. The number of Topliss-reactive ketones (excluding diaryl/α,β-unsaturated/α-hetero) is 1. The Morgan fingerprint density at radius 2 is 1.82 bits per heavy atom. The Morgan fingerprint density at radius 1 is 1.24 bits per heavy atom. The van der Waals surface area contributed by atoms with E-state index in [1.54, 1.807) is 0 Å². The quantitative estimate of drug-likeness (QED) is 0.753. The van der Waals surface area contributed by atoms with Crippen molar-refractivity contribution in [3.63, 3.8) is 0 Å². The number of ketones is 1. The van der Waals surface area contributed by atoms with Crippen LogP contribution in [0.3, 0.4) is 0 Å². The van der Waals surface area contributed by atoms with Crippen LogP contribution in [0.2, 0.25) is 0 Å². The average Bonchev–Trinajstić information content (AvgIpc) is 2.79. The van der Waals surface area contributed by atoms with E-state index in [1.165, 1.54) is 12.8 Å². The van der Waals surface area contributed by atoms with Crippen LogP contribution in [0.25, 0.3) is 0 Å². The first kappa shape index (κ1) is 13.0. The lowest BCUT2D eigenvalue weighted by molar-refractivity contribution is -0.135. The molecule has 0 bridgehead atoms. The van der Waals surface area contributed by atoms with Crippen LogP contribution >= 0.6 is 0 Å². The fraction of sp³-hybridized carbons (Fsp3) is 0.929. The maximum absolute atomic E-state index is 12.6. The van der Waals surface area contributed by atoms with E-state index < -0.39 is 0 Å². The Hall–Kier alpha value is -0.410. The van der Waals surface area contributed by atoms with Crippen molar-refractivity contribution < 1.29 is 9.53 Å². The van der Waals surface area contributed by atoms with Gasteiger partial charge in [0.1, 0.15) is 0 Å². The van der Waals surface area contributed by atoms with Gasteiger partial charge in [-0.3, -0.25) is 9.69 Å². The molecule has 0 unspecified atom stereocenters. The van der Waals surface area contributed by atoms with E-state index in [9.17, 15) is 4.79 Å². The molecule has 0 amide bonds. The lowest BCUT2D eigenvalue weighted by Crippen LogP contribution is -2.56. The zero-order valence-corrected chi connectivity index (χ0v) is 11.2. The van der Waals surface area contributed by atoms with Crippen molar-refractivity contribution in [3.05, 3.63) is 0 Å². The van der Waals surface area contributed by atoms with Gasteiger partial charge in [-0.2, -0.15) is 0 Å². The van der Waals surface area contributed by atoms with Crippen molar-refractivity contribution in [2.75, 3.05) is 26.3 Å². The van der Waals surface area contributed by atoms with Gasteiger partial charge in [-0.25, -0.2) is 0 Å². The summed E-state index contributed by atoms with van der Waals surface area (Å²) >= 11 is 0. The Bertz CT molecular complexity index is 263. The summed E-state index contributed by atoms with van der Waals surface area (Å²) in [6, 6.07) is 0. The molecule has 0 aromatic heterocycles. The molecule has 2 aliphatic rings. The molecule has 3 heteroatoms. The summed E-state index contributed by atoms with van der Waals surface area (Å²) in [6.07, 6.45) is 5.29. The van der Waals surface area contributed by atoms with Gasteiger partial charge in [0.05, 0.1) is 18.8 Å². The topological polar surface area (TPSA) is 29.5 Å². The molecule has 0 radical (unpaired) electrons. The average molecular weight is 239 g/mol. The van der Waals surface area contributed by atoms with Crippen molar-refractivity contribution in [2.45, 2.75) is 51.5 Å². The van der Waals surface area contributed by atoms with Crippen LogP contribution in [0.5, 0.6) is 0 Å². The Morgan fingerprint density at radius 3 is 2.35 bits per heavy atom. The highest BCUT2D eigenvalue weighted by atomic mass is 16.5. The van der Waals surface area contributed by atoms with Crippen LogP contribution < -0.4 is 0 Å². The Kier molecular flexibility index (Phi) is 4.21.